The summed E-state index contributed by atoms with van der Waals surface area (Å²) < 4.78 is 12.9. The average Bonchev–Trinajstić information content (AvgIpc) is 2.61. The standard InChI is InChI=1S/C20H18FN3O/c1-13-4-3-5-19(14(13)2)23-18-10-15(11-22-12-18)20(25)24-17-8-6-16(21)7-9-17/h3-12,23H,1-2H3,(H,24,25). The topological polar surface area (TPSA) is 54.0 Å². The van der Waals surface area contributed by atoms with Crippen molar-refractivity contribution in [1.29, 1.82) is 0 Å². The number of rotatable bonds is 4. The molecule has 0 aliphatic rings. The van der Waals surface area contributed by atoms with E-state index < -0.39 is 0 Å². The first-order valence-corrected chi connectivity index (χ1v) is 7.88. The van der Waals surface area contributed by atoms with Gasteiger partial charge in [0, 0.05) is 17.6 Å². The minimum atomic E-state index is -0.348. The number of aromatic nitrogens is 1. The number of halogens is 1. The highest BCUT2D eigenvalue weighted by Gasteiger charge is 2.09. The van der Waals surface area contributed by atoms with E-state index in [0.717, 1.165) is 16.9 Å². The number of carbonyl (C=O) groups is 1. The maximum Gasteiger partial charge on any atom is 0.257 e. The van der Waals surface area contributed by atoms with Crippen molar-refractivity contribution in [1.82, 2.24) is 4.98 Å². The van der Waals surface area contributed by atoms with Gasteiger partial charge in [0.25, 0.3) is 5.91 Å². The van der Waals surface area contributed by atoms with Crippen LogP contribution in [0.1, 0.15) is 21.5 Å². The maximum atomic E-state index is 12.9. The van der Waals surface area contributed by atoms with Crippen molar-refractivity contribution in [3.05, 3.63) is 83.4 Å². The molecule has 3 aromatic rings. The third-order valence-corrected chi connectivity index (χ3v) is 3.99. The molecule has 3 rings (SSSR count). The summed E-state index contributed by atoms with van der Waals surface area (Å²) in [6, 6.07) is 13.4. The number of pyridine rings is 1. The van der Waals surface area contributed by atoms with Crippen LogP contribution in [0.4, 0.5) is 21.5 Å². The maximum absolute atomic E-state index is 12.9. The molecule has 0 aliphatic heterocycles. The fourth-order valence-electron chi connectivity index (χ4n) is 2.41. The lowest BCUT2D eigenvalue weighted by Gasteiger charge is -2.12. The molecule has 0 spiro atoms. The highest BCUT2D eigenvalue weighted by Crippen LogP contribution is 2.23. The van der Waals surface area contributed by atoms with Gasteiger partial charge in [-0.1, -0.05) is 12.1 Å². The summed E-state index contributed by atoms with van der Waals surface area (Å²) in [7, 11) is 0. The molecule has 0 bridgehead atoms. The van der Waals surface area contributed by atoms with Crippen molar-refractivity contribution in [3.8, 4) is 0 Å². The first-order valence-electron chi connectivity index (χ1n) is 7.88. The van der Waals surface area contributed by atoms with Crippen molar-refractivity contribution in [3.63, 3.8) is 0 Å². The van der Waals surface area contributed by atoms with Crippen LogP contribution in [0.5, 0.6) is 0 Å². The second kappa shape index (κ2) is 7.13. The molecule has 0 saturated heterocycles. The van der Waals surface area contributed by atoms with Gasteiger partial charge < -0.3 is 10.6 Å². The lowest BCUT2D eigenvalue weighted by atomic mass is 10.1. The number of amides is 1. The fraction of sp³-hybridized carbons (Fsp3) is 0.100. The number of aryl methyl sites for hydroxylation is 1. The summed E-state index contributed by atoms with van der Waals surface area (Å²) in [5.41, 5.74) is 4.96. The molecule has 1 aromatic heterocycles. The normalized spacial score (nSPS) is 10.4. The van der Waals surface area contributed by atoms with E-state index in [1.807, 2.05) is 32.0 Å². The predicted octanol–water partition coefficient (Wildman–Crippen LogP) is 4.83. The van der Waals surface area contributed by atoms with Gasteiger partial charge in [-0.25, -0.2) is 4.39 Å². The Bertz CT molecular complexity index is 907. The lowest BCUT2D eigenvalue weighted by Crippen LogP contribution is -2.12. The Labute approximate surface area is 145 Å². The van der Waals surface area contributed by atoms with Gasteiger partial charge >= 0.3 is 0 Å². The van der Waals surface area contributed by atoms with E-state index in [0.29, 0.717) is 11.3 Å². The van der Waals surface area contributed by atoms with E-state index in [-0.39, 0.29) is 11.7 Å². The van der Waals surface area contributed by atoms with E-state index in [1.54, 1.807) is 12.3 Å². The molecular weight excluding hydrogens is 317 g/mol. The molecule has 126 valence electrons. The van der Waals surface area contributed by atoms with Crippen LogP contribution < -0.4 is 10.6 Å². The summed E-state index contributed by atoms with van der Waals surface area (Å²) >= 11 is 0. The molecule has 1 amide bonds. The molecule has 25 heavy (non-hydrogen) atoms. The van der Waals surface area contributed by atoms with Gasteiger partial charge in [-0.15, -0.1) is 0 Å². The summed E-state index contributed by atoms with van der Waals surface area (Å²) in [5, 5.41) is 6.01. The number of carbonyl (C=O) groups excluding carboxylic acids is 1. The van der Waals surface area contributed by atoms with Crippen LogP contribution in [0.2, 0.25) is 0 Å². The number of hydrogen-bond acceptors (Lipinski definition) is 3. The summed E-state index contributed by atoms with van der Waals surface area (Å²) in [6.07, 6.45) is 3.16. The first kappa shape index (κ1) is 16.6. The predicted molar refractivity (Wildman–Crippen MR) is 97.8 cm³/mol. The SMILES string of the molecule is Cc1cccc(Nc2cncc(C(=O)Nc3ccc(F)cc3)c2)c1C. The smallest absolute Gasteiger partial charge is 0.257 e. The van der Waals surface area contributed by atoms with Gasteiger partial charge in [-0.3, -0.25) is 9.78 Å². The molecule has 1 heterocycles. The number of hydrogen-bond donors (Lipinski definition) is 2. The molecule has 0 saturated carbocycles. The van der Waals surface area contributed by atoms with E-state index in [4.69, 9.17) is 0 Å². The van der Waals surface area contributed by atoms with Crippen LogP contribution in [-0.4, -0.2) is 10.9 Å². The molecule has 0 radical (unpaired) electrons. The second-order valence-electron chi connectivity index (χ2n) is 5.80. The average molecular weight is 335 g/mol. The minimum absolute atomic E-state index is 0.302. The molecule has 2 aromatic carbocycles. The van der Waals surface area contributed by atoms with Crippen LogP contribution in [-0.2, 0) is 0 Å². The van der Waals surface area contributed by atoms with Gasteiger partial charge in [0.15, 0.2) is 0 Å². The Morgan fingerprint density at radius 2 is 1.76 bits per heavy atom. The van der Waals surface area contributed by atoms with E-state index in [9.17, 15) is 9.18 Å². The van der Waals surface area contributed by atoms with Crippen molar-refractivity contribution in [2.24, 2.45) is 0 Å². The largest absolute Gasteiger partial charge is 0.354 e. The van der Waals surface area contributed by atoms with E-state index in [2.05, 4.69) is 15.6 Å². The third-order valence-electron chi connectivity index (χ3n) is 3.99. The highest BCUT2D eigenvalue weighted by molar-refractivity contribution is 6.04. The molecule has 0 fully saturated rings. The first-order chi connectivity index (χ1) is 12.0. The zero-order chi connectivity index (χ0) is 17.8. The second-order valence-corrected chi connectivity index (χ2v) is 5.80. The molecule has 4 nitrogen and oxygen atoms in total. The van der Waals surface area contributed by atoms with Crippen molar-refractivity contribution < 1.29 is 9.18 Å². The Kier molecular flexibility index (Phi) is 4.75. The monoisotopic (exact) mass is 335 g/mol. The number of nitrogens with one attached hydrogen (secondary N) is 2. The molecule has 5 heteroatoms. The van der Waals surface area contributed by atoms with Gasteiger partial charge in [0.05, 0.1) is 17.4 Å². The van der Waals surface area contributed by atoms with Gasteiger partial charge in [0.2, 0.25) is 0 Å². The molecule has 0 unspecified atom stereocenters. The van der Waals surface area contributed by atoms with Gasteiger partial charge in [0.1, 0.15) is 5.82 Å². The third kappa shape index (κ3) is 4.01. The molecule has 0 aliphatic carbocycles. The summed E-state index contributed by atoms with van der Waals surface area (Å²) in [6.45, 7) is 4.08. The van der Waals surface area contributed by atoms with Crippen molar-refractivity contribution in [2.45, 2.75) is 13.8 Å². The van der Waals surface area contributed by atoms with Crippen molar-refractivity contribution in [2.75, 3.05) is 10.6 Å². The van der Waals surface area contributed by atoms with Crippen LogP contribution in [0, 0.1) is 19.7 Å². The van der Waals surface area contributed by atoms with Gasteiger partial charge in [-0.05, 0) is 61.4 Å². The minimum Gasteiger partial charge on any atom is -0.354 e. The zero-order valence-corrected chi connectivity index (χ0v) is 14.0. The van der Waals surface area contributed by atoms with Crippen LogP contribution in [0.25, 0.3) is 0 Å². The number of anilines is 3. The molecular formula is C20H18FN3O. The quantitative estimate of drug-likeness (QED) is 0.718. The van der Waals surface area contributed by atoms with E-state index >= 15 is 0 Å². The zero-order valence-electron chi connectivity index (χ0n) is 14.0. The lowest BCUT2D eigenvalue weighted by molar-refractivity contribution is 0.102. The van der Waals surface area contributed by atoms with Gasteiger partial charge in [-0.2, -0.15) is 0 Å². The van der Waals surface area contributed by atoms with Crippen LogP contribution >= 0.6 is 0 Å². The van der Waals surface area contributed by atoms with E-state index in [1.165, 1.54) is 36.0 Å². The molecule has 2 N–H and O–H groups in total. The summed E-state index contributed by atoms with van der Waals surface area (Å²) in [5.74, 6) is -0.650. The van der Waals surface area contributed by atoms with Crippen molar-refractivity contribution >= 4 is 23.0 Å². The van der Waals surface area contributed by atoms with Crippen LogP contribution in [0.3, 0.4) is 0 Å². The summed E-state index contributed by atoms with van der Waals surface area (Å²) in [4.78, 5) is 16.5. The fourth-order valence-corrected chi connectivity index (χ4v) is 2.41. The van der Waals surface area contributed by atoms with Crippen LogP contribution in [0.15, 0.2) is 60.9 Å². The Hall–Kier alpha value is -3.21. The Balaban J connectivity index is 1.77. The Morgan fingerprint density at radius 1 is 1.00 bits per heavy atom. The number of nitrogens with zero attached hydrogens (tertiary/aromatic N) is 1. The highest BCUT2D eigenvalue weighted by atomic mass is 19.1. The Morgan fingerprint density at radius 3 is 2.52 bits per heavy atom. The molecule has 0 atom stereocenters. The number of benzene rings is 2.